The highest BCUT2D eigenvalue weighted by molar-refractivity contribution is 6.06. The second-order valence-corrected chi connectivity index (χ2v) is 7.35. The number of amides is 2. The zero-order valence-electron chi connectivity index (χ0n) is 16.7. The Balaban J connectivity index is 1.79. The normalized spacial score (nSPS) is 10.9. The molecule has 1 heterocycles. The first-order valence-corrected chi connectivity index (χ1v) is 9.35. The van der Waals surface area contributed by atoms with Crippen molar-refractivity contribution in [1.82, 2.24) is 15.2 Å². The molecule has 0 radical (unpaired) electrons. The summed E-state index contributed by atoms with van der Waals surface area (Å²) in [4.78, 5) is 31.0. The number of hydrogen-bond acceptors (Lipinski definition) is 3. The predicted molar refractivity (Wildman–Crippen MR) is 111 cm³/mol. The predicted octanol–water partition coefficient (Wildman–Crippen LogP) is 3.99. The summed E-state index contributed by atoms with van der Waals surface area (Å²) >= 11 is 0. The van der Waals surface area contributed by atoms with Gasteiger partial charge in [-0.05, 0) is 35.7 Å². The largest absolute Gasteiger partial charge is 0.348 e. The number of pyridine rings is 1. The van der Waals surface area contributed by atoms with Crippen molar-refractivity contribution in [3.63, 3.8) is 0 Å². The number of carbonyl (C=O) groups is 2. The second-order valence-electron chi connectivity index (χ2n) is 7.35. The number of aromatic nitrogens is 1. The molecule has 0 unspecified atom stereocenters. The zero-order chi connectivity index (χ0) is 20.3. The third kappa shape index (κ3) is 4.19. The molecule has 0 atom stereocenters. The quantitative estimate of drug-likeness (QED) is 0.733. The van der Waals surface area contributed by atoms with Gasteiger partial charge in [-0.25, -0.2) is 0 Å². The Bertz CT molecular complexity index is 1010. The van der Waals surface area contributed by atoms with E-state index in [1.54, 1.807) is 26.2 Å². The van der Waals surface area contributed by atoms with Crippen LogP contribution in [0.2, 0.25) is 0 Å². The van der Waals surface area contributed by atoms with Crippen LogP contribution >= 0.6 is 0 Å². The minimum atomic E-state index is -0.131. The molecule has 2 aromatic carbocycles. The van der Waals surface area contributed by atoms with E-state index >= 15 is 0 Å². The van der Waals surface area contributed by atoms with Crippen LogP contribution in [0.1, 0.15) is 51.7 Å². The number of para-hydroxylation sites is 1. The Morgan fingerprint density at radius 3 is 2.36 bits per heavy atom. The first-order valence-electron chi connectivity index (χ1n) is 9.35. The van der Waals surface area contributed by atoms with E-state index in [9.17, 15) is 9.59 Å². The first kappa shape index (κ1) is 19.5. The van der Waals surface area contributed by atoms with Gasteiger partial charge in [0.1, 0.15) is 0 Å². The SMILES string of the molecule is CC(C)c1cc(C(=O)NCc2ccc(C(=O)N(C)C)cc2)c2ccccc2n1. The lowest BCUT2D eigenvalue weighted by Crippen LogP contribution is -2.24. The maximum atomic E-state index is 12.9. The van der Waals surface area contributed by atoms with E-state index in [1.165, 1.54) is 4.90 Å². The summed E-state index contributed by atoms with van der Waals surface area (Å²) in [5.41, 5.74) is 3.92. The lowest BCUT2D eigenvalue weighted by molar-refractivity contribution is 0.0827. The van der Waals surface area contributed by atoms with Crippen molar-refractivity contribution in [2.75, 3.05) is 14.1 Å². The van der Waals surface area contributed by atoms with Crippen LogP contribution in [0.15, 0.2) is 54.6 Å². The van der Waals surface area contributed by atoms with E-state index < -0.39 is 0 Å². The molecular formula is C23H25N3O2. The Kier molecular flexibility index (Phi) is 5.73. The van der Waals surface area contributed by atoms with Crippen molar-refractivity contribution < 1.29 is 9.59 Å². The third-order valence-electron chi connectivity index (χ3n) is 4.63. The number of nitrogens with zero attached hydrogens (tertiary/aromatic N) is 2. The van der Waals surface area contributed by atoms with Crippen molar-refractivity contribution in [3.8, 4) is 0 Å². The van der Waals surface area contributed by atoms with Gasteiger partial charge in [0.05, 0.1) is 11.1 Å². The molecule has 1 aromatic heterocycles. The van der Waals surface area contributed by atoms with Gasteiger partial charge in [-0.2, -0.15) is 0 Å². The summed E-state index contributed by atoms with van der Waals surface area (Å²) in [6.07, 6.45) is 0. The standard InChI is InChI=1S/C23H25N3O2/c1-15(2)21-13-19(18-7-5-6-8-20(18)25-21)22(27)24-14-16-9-11-17(12-10-16)23(28)26(3)4/h5-13,15H,14H2,1-4H3,(H,24,27). The van der Waals surface area contributed by atoms with Crippen molar-refractivity contribution in [2.24, 2.45) is 0 Å². The zero-order valence-corrected chi connectivity index (χ0v) is 16.7. The maximum Gasteiger partial charge on any atom is 0.253 e. The summed E-state index contributed by atoms with van der Waals surface area (Å²) in [7, 11) is 3.45. The van der Waals surface area contributed by atoms with E-state index in [1.807, 2.05) is 42.5 Å². The van der Waals surface area contributed by atoms with Crippen molar-refractivity contribution >= 4 is 22.7 Å². The van der Waals surface area contributed by atoms with Gasteiger partial charge in [-0.1, -0.05) is 44.2 Å². The average molecular weight is 375 g/mol. The third-order valence-corrected chi connectivity index (χ3v) is 4.63. The summed E-state index contributed by atoms with van der Waals surface area (Å²) in [5, 5.41) is 3.83. The molecule has 1 N–H and O–H groups in total. The van der Waals surface area contributed by atoms with Crippen molar-refractivity contribution in [3.05, 3.63) is 77.0 Å². The molecule has 2 amide bonds. The number of benzene rings is 2. The van der Waals surface area contributed by atoms with Crippen LogP contribution in [0.25, 0.3) is 10.9 Å². The molecule has 0 aliphatic rings. The van der Waals surface area contributed by atoms with Crippen molar-refractivity contribution in [1.29, 1.82) is 0 Å². The molecule has 5 heteroatoms. The van der Waals surface area contributed by atoms with E-state index in [2.05, 4.69) is 24.1 Å². The molecule has 5 nitrogen and oxygen atoms in total. The van der Waals surface area contributed by atoms with Crippen LogP contribution in [-0.4, -0.2) is 35.8 Å². The monoisotopic (exact) mass is 375 g/mol. The minimum Gasteiger partial charge on any atom is -0.348 e. The highest BCUT2D eigenvalue weighted by Gasteiger charge is 2.14. The fraction of sp³-hybridized carbons (Fsp3) is 0.261. The highest BCUT2D eigenvalue weighted by Crippen LogP contribution is 2.22. The molecular weight excluding hydrogens is 350 g/mol. The molecule has 0 fully saturated rings. The number of fused-ring (bicyclic) bond motifs is 1. The number of carbonyl (C=O) groups excluding carboxylic acids is 2. The van der Waals surface area contributed by atoms with Gasteiger partial charge in [-0.3, -0.25) is 14.6 Å². The van der Waals surface area contributed by atoms with Crippen LogP contribution in [0.3, 0.4) is 0 Å². The Morgan fingerprint density at radius 2 is 1.71 bits per heavy atom. The topological polar surface area (TPSA) is 62.3 Å². The van der Waals surface area contributed by atoms with E-state index in [4.69, 9.17) is 0 Å². The van der Waals surface area contributed by atoms with Gasteiger partial charge < -0.3 is 10.2 Å². The molecule has 0 spiro atoms. The van der Waals surface area contributed by atoms with Crippen LogP contribution in [0.4, 0.5) is 0 Å². The molecule has 0 bridgehead atoms. The Morgan fingerprint density at radius 1 is 1.04 bits per heavy atom. The summed E-state index contributed by atoms with van der Waals surface area (Å²) in [6.45, 7) is 4.52. The molecule has 3 rings (SSSR count). The molecule has 0 saturated heterocycles. The van der Waals surface area contributed by atoms with Crippen LogP contribution in [0, 0.1) is 0 Å². The summed E-state index contributed by atoms with van der Waals surface area (Å²) in [5.74, 6) is 0.0620. The minimum absolute atomic E-state index is 0.0416. The van der Waals surface area contributed by atoms with Gasteiger partial charge >= 0.3 is 0 Å². The van der Waals surface area contributed by atoms with Crippen molar-refractivity contribution in [2.45, 2.75) is 26.3 Å². The van der Waals surface area contributed by atoms with Gasteiger partial charge in [0, 0.05) is 37.3 Å². The van der Waals surface area contributed by atoms with Crippen LogP contribution in [0.5, 0.6) is 0 Å². The molecule has 144 valence electrons. The molecule has 28 heavy (non-hydrogen) atoms. The Hall–Kier alpha value is -3.21. The van der Waals surface area contributed by atoms with Crippen LogP contribution in [-0.2, 0) is 6.54 Å². The average Bonchev–Trinajstić information content (AvgIpc) is 2.70. The smallest absolute Gasteiger partial charge is 0.253 e. The number of nitrogens with one attached hydrogen (secondary N) is 1. The van der Waals surface area contributed by atoms with E-state index in [0.717, 1.165) is 22.2 Å². The second kappa shape index (κ2) is 8.21. The van der Waals surface area contributed by atoms with Crippen LogP contribution < -0.4 is 5.32 Å². The molecule has 0 aliphatic heterocycles. The number of hydrogen-bond donors (Lipinski definition) is 1. The lowest BCUT2D eigenvalue weighted by Gasteiger charge is -2.13. The lowest BCUT2D eigenvalue weighted by atomic mass is 10.0. The van der Waals surface area contributed by atoms with Gasteiger partial charge in [-0.15, -0.1) is 0 Å². The van der Waals surface area contributed by atoms with E-state index in [-0.39, 0.29) is 17.7 Å². The molecule has 3 aromatic rings. The maximum absolute atomic E-state index is 12.9. The van der Waals surface area contributed by atoms with Gasteiger partial charge in [0.25, 0.3) is 11.8 Å². The summed E-state index contributed by atoms with van der Waals surface area (Å²) < 4.78 is 0. The van der Waals surface area contributed by atoms with E-state index in [0.29, 0.717) is 17.7 Å². The highest BCUT2D eigenvalue weighted by atomic mass is 16.2. The molecule has 0 aliphatic carbocycles. The Labute approximate surface area is 165 Å². The first-order chi connectivity index (χ1) is 13.4. The van der Waals surface area contributed by atoms with Gasteiger partial charge in [0.2, 0.25) is 0 Å². The number of rotatable bonds is 5. The summed E-state index contributed by atoms with van der Waals surface area (Å²) in [6, 6.07) is 16.9. The fourth-order valence-electron chi connectivity index (χ4n) is 2.98. The van der Waals surface area contributed by atoms with Gasteiger partial charge in [0.15, 0.2) is 0 Å². The molecule has 0 saturated carbocycles. The fourth-order valence-corrected chi connectivity index (χ4v) is 2.98.